The van der Waals surface area contributed by atoms with Gasteiger partial charge >= 0.3 is 0 Å². The van der Waals surface area contributed by atoms with Crippen LogP contribution in [-0.2, 0) is 17.8 Å². The maximum absolute atomic E-state index is 13.7. The van der Waals surface area contributed by atoms with Gasteiger partial charge in [0.15, 0.2) is 11.5 Å². The maximum Gasteiger partial charge on any atom is 0.254 e. The zero-order chi connectivity index (χ0) is 23.8. The number of methoxy groups -OCH3 is 2. The second-order valence-corrected chi connectivity index (χ2v) is 8.88. The van der Waals surface area contributed by atoms with Gasteiger partial charge in [0.1, 0.15) is 0 Å². The SMILES string of the molecule is COc1cc2c(cc1OC)[C@H]1[C@H](C(=O)NCc3ccccc3Cl)c3ccccc3C(=O)N1CC2. The highest BCUT2D eigenvalue weighted by Gasteiger charge is 2.46. The summed E-state index contributed by atoms with van der Waals surface area (Å²) in [6, 6.07) is 18.2. The van der Waals surface area contributed by atoms with E-state index in [1.54, 1.807) is 26.4 Å². The minimum atomic E-state index is -0.575. The Balaban J connectivity index is 1.59. The number of halogens is 1. The van der Waals surface area contributed by atoms with E-state index in [4.69, 9.17) is 21.1 Å². The smallest absolute Gasteiger partial charge is 0.254 e. The number of rotatable bonds is 5. The number of carbonyl (C=O) groups excluding carboxylic acids is 2. The van der Waals surface area contributed by atoms with Crippen molar-refractivity contribution in [1.82, 2.24) is 10.2 Å². The van der Waals surface area contributed by atoms with Crippen LogP contribution in [-0.4, -0.2) is 37.5 Å². The van der Waals surface area contributed by atoms with Gasteiger partial charge in [0.05, 0.1) is 26.2 Å². The van der Waals surface area contributed by atoms with Gasteiger partial charge < -0.3 is 19.7 Å². The molecule has 5 rings (SSSR count). The van der Waals surface area contributed by atoms with Gasteiger partial charge in [-0.15, -0.1) is 0 Å². The topological polar surface area (TPSA) is 67.9 Å². The Morgan fingerprint density at radius 2 is 1.74 bits per heavy atom. The molecule has 3 aromatic rings. The van der Waals surface area contributed by atoms with Crippen molar-refractivity contribution in [2.45, 2.75) is 24.9 Å². The monoisotopic (exact) mass is 476 g/mol. The molecule has 2 atom stereocenters. The first kappa shape index (κ1) is 22.3. The van der Waals surface area contributed by atoms with E-state index in [1.807, 2.05) is 53.4 Å². The van der Waals surface area contributed by atoms with E-state index in [0.717, 1.165) is 22.3 Å². The van der Waals surface area contributed by atoms with E-state index >= 15 is 0 Å². The highest BCUT2D eigenvalue weighted by atomic mass is 35.5. The van der Waals surface area contributed by atoms with Crippen molar-refractivity contribution in [2.75, 3.05) is 20.8 Å². The van der Waals surface area contributed by atoms with Crippen LogP contribution in [0.1, 0.15) is 44.6 Å². The molecule has 2 heterocycles. The van der Waals surface area contributed by atoms with Gasteiger partial charge in [-0.3, -0.25) is 9.59 Å². The van der Waals surface area contributed by atoms with Gasteiger partial charge in [0, 0.05) is 23.7 Å². The van der Waals surface area contributed by atoms with Crippen molar-refractivity contribution in [3.05, 3.63) is 93.5 Å². The standard InChI is InChI=1S/C27H25ClN2O4/c1-33-22-13-16-11-12-30-25(20(16)14-23(22)34-2)24(18-8-4-5-9-19(18)27(30)32)26(31)29-15-17-7-3-6-10-21(17)28/h3-10,13-14,24-25H,11-12,15H2,1-2H3,(H,29,31)/t24-,25+/m1/s1. The lowest BCUT2D eigenvalue weighted by Gasteiger charge is -2.45. The number of ether oxygens (including phenoxy) is 2. The minimum Gasteiger partial charge on any atom is -0.493 e. The van der Waals surface area contributed by atoms with E-state index in [0.29, 0.717) is 41.6 Å². The number of hydrogen-bond donors (Lipinski definition) is 1. The maximum atomic E-state index is 13.7. The molecule has 0 fully saturated rings. The molecule has 0 saturated carbocycles. The molecule has 3 aromatic carbocycles. The lowest BCUT2D eigenvalue weighted by Crippen LogP contribution is -2.50. The van der Waals surface area contributed by atoms with Crippen LogP contribution in [0.3, 0.4) is 0 Å². The molecule has 1 N–H and O–H groups in total. The number of fused-ring (bicyclic) bond motifs is 4. The second-order valence-electron chi connectivity index (χ2n) is 8.47. The first-order valence-corrected chi connectivity index (χ1v) is 11.6. The quantitative estimate of drug-likeness (QED) is 0.588. The average Bonchev–Trinajstić information content (AvgIpc) is 2.87. The normalized spacial score (nSPS) is 18.4. The summed E-state index contributed by atoms with van der Waals surface area (Å²) in [6.45, 7) is 0.825. The Kier molecular flexibility index (Phi) is 5.92. The lowest BCUT2D eigenvalue weighted by atomic mass is 9.75. The Hall–Kier alpha value is -3.51. The molecule has 0 spiro atoms. The van der Waals surface area contributed by atoms with E-state index in [-0.39, 0.29) is 11.8 Å². The van der Waals surface area contributed by atoms with Gasteiger partial charge in [-0.25, -0.2) is 0 Å². The molecule has 0 radical (unpaired) electrons. The van der Waals surface area contributed by atoms with Crippen LogP contribution in [0.5, 0.6) is 11.5 Å². The Bertz CT molecular complexity index is 1280. The molecule has 0 saturated heterocycles. The van der Waals surface area contributed by atoms with E-state index in [9.17, 15) is 9.59 Å². The van der Waals surface area contributed by atoms with Crippen LogP contribution in [0.4, 0.5) is 0 Å². The van der Waals surface area contributed by atoms with Gasteiger partial charge in [0.25, 0.3) is 5.91 Å². The molecule has 0 aliphatic carbocycles. The molecule has 0 aromatic heterocycles. The summed E-state index contributed by atoms with van der Waals surface area (Å²) >= 11 is 6.30. The number of hydrogen-bond acceptors (Lipinski definition) is 4. The third kappa shape index (κ3) is 3.68. The van der Waals surface area contributed by atoms with Crippen molar-refractivity contribution in [2.24, 2.45) is 0 Å². The summed E-state index contributed by atoms with van der Waals surface area (Å²) in [5.41, 5.74) is 4.10. The van der Waals surface area contributed by atoms with Crippen LogP contribution in [0, 0.1) is 0 Å². The lowest BCUT2D eigenvalue weighted by molar-refractivity contribution is -0.124. The predicted octanol–water partition coefficient (Wildman–Crippen LogP) is 4.51. The number of amides is 2. The molecule has 2 aliphatic rings. The zero-order valence-electron chi connectivity index (χ0n) is 19.0. The van der Waals surface area contributed by atoms with Crippen LogP contribution >= 0.6 is 11.6 Å². The molecule has 2 amide bonds. The number of carbonyl (C=O) groups is 2. The molecule has 34 heavy (non-hydrogen) atoms. The molecule has 7 heteroatoms. The Morgan fingerprint density at radius 1 is 1.03 bits per heavy atom. The summed E-state index contributed by atoms with van der Waals surface area (Å²) in [5, 5.41) is 3.66. The second kappa shape index (κ2) is 9.03. The van der Waals surface area contributed by atoms with Gasteiger partial charge in [-0.2, -0.15) is 0 Å². The Labute approximate surface area is 203 Å². The van der Waals surface area contributed by atoms with Crippen molar-refractivity contribution in [1.29, 1.82) is 0 Å². The molecule has 174 valence electrons. The summed E-state index contributed by atoms with van der Waals surface area (Å²) in [7, 11) is 3.19. The van der Waals surface area contributed by atoms with E-state index in [2.05, 4.69) is 5.32 Å². The van der Waals surface area contributed by atoms with Crippen LogP contribution in [0.15, 0.2) is 60.7 Å². The largest absolute Gasteiger partial charge is 0.493 e. The first-order chi connectivity index (χ1) is 16.5. The van der Waals surface area contributed by atoms with Crippen molar-refractivity contribution in [3.63, 3.8) is 0 Å². The number of nitrogens with zero attached hydrogens (tertiary/aromatic N) is 1. The van der Waals surface area contributed by atoms with E-state index in [1.165, 1.54) is 0 Å². The van der Waals surface area contributed by atoms with Gasteiger partial charge in [-0.05, 0) is 52.9 Å². The number of nitrogens with one attached hydrogen (secondary N) is 1. The first-order valence-electron chi connectivity index (χ1n) is 11.2. The highest BCUT2D eigenvalue weighted by molar-refractivity contribution is 6.31. The molecular formula is C27H25ClN2O4. The third-order valence-electron chi connectivity index (χ3n) is 6.72. The average molecular weight is 477 g/mol. The summed E-state index contributed by atoms with van der Waals surface area (Å²) in [4.78, 5) is 29.0. The van der Waals surface area contributed by atoms with Crippen molar-refractivity contribution < 1.29 is 19.1 Å². The summed E-state index contributed by atoms with van der Waals surface area (Å²) in [5.74, 6) is 0.420. The zero-order valence-corrected chi connectivity index (χ0v) is 19.8. The predicted molar refractivity (Wildman–Crippen MR) is 130 cm³/mol. The van der Waals surface area contributed by atoms with Crippen LogP contribution < -0.4 is 14.8 Å². The van der Waals surface area contributed by atoms with Crippen molar-refractivity contribution >= 4 is 23.4 Å². The van der Waals surface area contributed by atoms with Gasteiger partial charge in [0.2, 0.25) is 5.91 Å². The van der Waals surface area contributed by atoms with Crippen LogP contribution in [0.25, 0.3) is 0 Å². The third-order valence-corrected chi connectivity index (χ3v) is 7.09. The number of benzene rings is 3. The molecule has 6 nitrogen and oxygen atoms in total. The summed E-state index contributed by atoms with van der Waals surface area (Å²) in [6.07, 6.45) is 0.675. The fourth-order valence-electron chi connectivity index (χ4n) is 5.07. The van der Waals surface area contributed by atoms with Gasteiger partial charge in [-0.1, -0.05) is 48.0 Å². The Morgan fingerprint density at radius 3 is 2.50 bits per heavy atom. The minimum absolute atomic E-state index is 0.0591. The molecule has 0 bridgehead atoms. The molecular weight excluding hydrogens is 452 g/mol. The fraction of sp³-hybridized carbons (Fsp3) is 0.259. The highest BCUT2D eigenvalue weighted by Crippen LogP contribution is 2.48. The molecule has 0 unspecified atom stereocenters. The van der Waals surface area contributed by atoms with E-state index < -0.39 is 12.0 Å². The summed E-state index contributed by atoms with van der Waals surface area (Å²) < 4.78 is 11.0. The fourth-order valence-corrected chi connectivity index (χ4v) is 5.27. The molecule has 2 aliphatic heterocycles. The van der Waals surface area contributed by atoms with Crippen molar-refractivity contribution in [3.8, 4) is 11.5 Å². The van der Waals surface area contributed by atoms with Crippen LogP contribution in [0.2, 0.25) is 5.02 Å².